The van der Waals surface area contributed by atoms with Gasteiger partial charge < -0.3 is 0 Å². The monoisotopic (exact) mass is 175 g/mol. The summed E-state index contributed by atoms with van der Waals surface area (Å²) in [7, 11) is 0. The molecule has 0 aliphatic rings. The van der Waals surface area contributed by atoms with Crippen molar-refractivity contribution in [2.75, 3.05) is 6.67 Å². The Bertz CT molecular complexity index is 41.3. The van der Waals surface area contributed by atoms with E-state index in [1.54, 1.807) is 0 Å². The smallest absolute Gasteiger partial charge is 0.246 e. The van der Waals surface area contributed by atoms with Crippen molar-refractivity contribution in [3.63, 3.8) is 0 Å². The maximum atomic E-state index is 11.5. The van der Waals surface area contributed by atoms with Crippen LogP contribution in [0.25, 0.3) is 0 Å². The highest BCUT2D eigenvalue weighted by molar-refractivity contribution is 9.11. The van der Waals surface area contributed by atoms with Gasteiger partial charge in [-0.05, 0) is 28.6 Å². The standard InChI is InChI=1S/C2H2BrF2S/c3-2(5,6)1-4/h1H2. The van der Waals surface area contributed by atoms with E-state index >= 15 is 0 Å². The molecule has 0 rings (SSSR count). The van der Waals surface area contributed by atoms with Crippen molar-refractivity contribution in [1.82, 2.24) is 0 Å². The topological polar surface area (TPSA) is 0 Å². The van der Waals surface area contributed by atoms with Gasteiger partial charge in [-0.15, -0.1) is 0 Å². The van der Waals surface area contributed by atoms with Gasteiger partial charge in [0.1, 0.15) is 6.67 Å². The van der Waals surface area contributed by atoms with Crippen LogP contribution < -0.4 is 0 Å². The molecule has 0 fully saturated rings. The van der Waals surface area contributed by atoms with Crippen molar-refractivity contribution in [1.29, 1.82) is 0 Å². The zero-order chi connectivity index (χ0) is 5.21. The predicted octanol–water partition coefficient (Wildman–Crippen LogP) is 2.17. The molecule has 0 heterocycles. The van der Waals surface area contributed by atoms with E-state index in [4.69, 9.17) is 0 Å². The molecule has 1 radical (unpaired) electrons. The van der Waals surface area contributed by atoms with Crippen LogP contribution in [0.3, 0.4) is 0 Å². The Morgan fingerprint density at radius 1 is 1.83 bits per heavy atom. The summed E-state index contributed by atoms with van der Waals surface area (Å²) in [5, 5.41) is 0. The second kappa shape index (κ2) is 2.12. The SMILES string of the molecule is FCC(F)([S])Br. The molecule has 37 valence electrons. The maximum Gasteiger partial charge on any atom is 0.248 e. The van der Waals surface area contributed by atoms with Crippen molar-refractivity contribution in [2.24, 2.45) is 0 Å². The quantitative estimate of drug-likeness (QED) is 0.537. The molecule has 6 heavy (non-hydrogen) atoms. The molecule has 0 aliphatic heterocycles. The average molecular weight is 176 g/mol. The van der Waals surface area contributed by atoms with Gasteiger partial charge in [0.05, 0.1) is 0 Å². The molecule has 1 atom stereocenters. The van der Waals surface area contributed by atoms with E-state index < -0.39 is 10.6 Å². The fraction of sp³-hybridized carbons (Fsp3) is 1.00. The van der Waals surface area contributed by atoms with Gasteiger partial charge in [0.2, 0.25) is 3.91 Å². The summed E-state index contributed by atoms with van der Waals surface area (Å²) < 4.78 is 20.2. The third kappa shape index (κ3) is 4.69. The molecule has 0 saturated carbocycles. The van der Waals surface area contributed by atoms with Crippen molar-refractivity contribution in [3.05, 3.63) is 0 Å². The Kier molecular flexibility index (Phi) is 2.36. The summed E-state index contributed by atoms with van der Waals surface area (Å²) >= 11 is 6.11. The van der Waals surface area contributed by atoms with Crippen molar-refractivity contribution in [2.45, 2.75) is 3.91 Å². The second-order valence-corrected chi connectivity index (χ2v) is 3.20. The molecule has 1 unspecified atom stereocenters. The van der Waals surface area contributed by atoms with E-state index in [1.807, 2.05) is 0 Å². The maximum absolute atomic E-state index is 11.5. The molecule has 0 aromatic rings. The molecule has 0 aromatic carbocycles. The highest BCUT2D eigenvalue weighted by Gasteiger charge is 2.18. The molecular weight excluding hydrogens is 174 g/mol. The van der Waals surface area contributed by atoms with Crippen molar-refractivity contribution < 1.29 is 8.78 Å². The number of hydrogen-bond donors (Lipinski definition) is 0. The Balaban J connectivity index is 3.17. The second-order valence-electron chi connectivity index (χ2n) is 0.771. The predicted molar refractivity (Wildman–Crippen MR) is 26.3 cm³/mol. The average Bonchev–Trinajstić information content (AvgIpc) is 1.35. The van der Waals surface area contributed by atoms with Gasteiger partial charge >= 0.3 is 0 Å². The minimum atomic E-state index is -2.23. The van der Waals surface area contributed by atoms with E-state index in [0.29, 0.717) is 0 Å². The van der Waals surface area contributed by atoms with Gasteiger partial charge in [0, 0.05) is 0 Å². The van der Waals surface area contributed by atoms with Gasteiger partial charge in [-0.3, -0.25) is 0 Å². The summed E-state index contributed by atoms with van der Waals surface area (Å²) in [6, 6.07) is 0. The van der Waals surface area contributed by atoms with Crippen molar-refractivity contribution >= 4 is 28.6 Å². The molecule has 0 N–H and O–H groups in total. The Morgan fingerprint density at radius 3 is 2.00 bits per heavy atom. The molecule has 0 aliphatic carbocycles. The van der Waals surface area contributed by atoms with Crippen LogP contribution in [0.5, 0.6) is 0 Å². The summed E-state index contributed by atoms with van der Waals surface area (Å²) in [5.41, 5.74) is 0. The fourth-order valence-electron chi connectivity index (χ4n) is 0. The van der Waals surface area contributed by atoms with Crippen LogP contribution in [0.4, 0.5) is 8.78 Å². The summed E-state index contributed by atoms with van der Waals surface area (Å²) in [5.74, 6) is 0. The Labute approximate surface area is 48.5 Å². The highest BCUT2D eigenvalue weighted by Crippen LogP contribution is 2.23. The summed E-state index contributed by atoms with van der Waals surface area (Å²) in [6.07, 6.45) is 0. The lowest BCUT2D eigenvalue weighted by atomic mass is 10.9. The third-order valence-corrected chi connectivity index (χ3v) is 0.477. The largest absolute Gasteiger partial charge is 0.248 e. The Morgan fingerprint density at radius 2 is 2.00 bits per heavy atom. The van der Waals surface area contributed by atoms with E-state index in [0.717, 1.165) is 0 Å². The van der Waals surface area contributed by atoms with Gasteiger partial charge in [-0.2, -0.15) is 0 Å². The first-order valence-electron chi connectivity index (χ1n) is 1.20. The van der Waals surface area contributed by atoms with Gasteiger partial charge in [-0.25, -0.2) is 8.78 Å². The minimum absolute atomic E-state index is 1.16. The number of rotatable bonds is 1. The summed E-state index contributed by atoms with van der Waals surface area (Å²) in [4.78, 5) is 0. The zero-order valence-electron chi connectivity index (χ0n) is 2.75. The third-order valence-electron chi connectivity index (χ3n) is 0.156. The highest BCUT2D eigenvalue weighted by atomic mass is 79.9. The summed E-state index contributed by atoms with van der Waals surface area (Å²) in [6.45, 7) is -1.16. The zero-order valence-corrected chi connectivity index (χ0v) is 5.15. The first-order valence-corrected chi connectivity index (χ1v) is 2.40. The number of hydrogen-bond acceptors (Lipinski definition) is 0. The number of alkyl halides is 3. The molecule has 0 bridgehead atoms. The van der Waals surface area contributed by atoms with Gasteiger partial charge in [0.25, 0.3) is 0 Å². The lowest BCUT2D eigenvalue weighted by Gasteiger charge is -1.98. The molecule has 0 spiro atoms. The van der Waals surface area contributed by atoms with Gasteiger partial charge in [0.15, 0.2) is 0 Å². The van der Waals surface area contributed by atoms with Crippen LogP contribution in [0.15, 0.2) is 0 Å². The first kappa shape index (κ1) is 6.69. The molecule has 0 aromatic heterocycles. The molecule has 0 saturated heterocycles. The van der Waals surface area contributed by atoms with E-state index in [-0.39, 0.29) is 0 Å². The molecular formula is C2H2BrF2S. The molecule has 4 heteroatoms. The van der Waals surface area contributed by atoms with E-state index in [9.17, 15) is 8.78 Å². The van der Waals surface area contributed by atoms with Crippen LogP contribution >= 0.6 is 28.6 Å². The lowest BCUT2D eigenvalue weighted by Crippen LogP contribution is -2.03. The first-order chi connectivity index (χ1) is 2.56. The van der Waals surface area contributed by atoms with Crippen LogP contribution in [0, 0.1) is 0 Å². The number of halogens is 3. The fourth-order valence-corrected chi connectivity index (χ4v) is 0. The van der Waals surface area contributed by atoms with Crippen LogP contribution in [0.1, 0.15) is 0 Å². The Hall–Kier alpha value is 0.690. The van der Waals surface area contributed by atoms with E-state index in [2.05, 4.69) is 28.6 Å². The lowest BCUT2D eigenvalue weighted by molar-refractivity contribution is 0.327. The van der Waals surface area contributed by atoms with E-state index in [1.165, 1.54) is 0 Å². The normalized spacial score (nSPS) is 20.0. The van der Waals surface area contributed by atoms with Crippen molar-refractivity contribution in [3.8, 4) is 0 Å². The minimum Gasteiger partial charge on any atom is -0.246 e. The molecule has 0 amide bonds. The van der Waals surface area contributed by atoms with Crippen LogP contribution in [-0.2, 0) is 0 Å². The molecule has 0 nitrogen and oxygen atoms in total. The van der Waals surface area contributed by atoms with Gasteiger partial charge in [-0.1, -0.05) is 0 Å². The van der Waals surface area contributed by atoms with Crippen LogP contribution in [-0.4, -0.2) is 10.6 Å². The van der Waals surface area contributed by atoms with Crippen LogP contribution in [0.2, 0.25) is 0 Å².